The molecular formula is C17H15N3O. The summed E-state index contributed by atoms with van der Waals surface area (Å²) in [5.41, 5.74) is 3.72. The highest BCUT2D eigenvalue weighted by atomic mass is 16.3. The molecule has 1 aliphatic heterocycles. The zero-order valence-corrected chi connectivity index (χ0v) is 11.5. The van der Waals surface area contributed by atoms with Crippen LogP contribution in [-0.2, 0) is 13.0 Å². The van der Waals surface area contributed by atoms with E-state index in [0.717, 1.165) is 36.0 Å². The van der Waals surface area contributed by atoms with Crippen LogP contribution in [-0.4, -0.2) is 9.67 Å². The lowest BCUT2D eigenvalue weighted by Gasteiger charge is -2.15. The van der Waals surface area contributed by atoms with E-state index in [1.807, 2.05) is 47.0 Å². The van der Waals surface area contributed by atoms with Crippen LogP contribution in [0.4, 0.5) is 11.4 Å². The fraction of sp³-hybridized carbons (Fsp3) is 0.176. The molecule has 0 spiro atoms. The van der Waals surface area contributed by atoms with Crippen molar-refractivity contribution in [3.05, 3.63) is 54.1 Å². The molecule has 3 aromatic rings. The van der Waals surface area contributed by atoms with E-state index in [4.69, 9.17) is 0 Å². The average Bonchev–Trinajstić information content (AvgIpc) is 2.81. The molecule has 0 unspecified atom stereocenters. The van der Waals surface area contributed by atoms with Crippen molar-refractivity contribution < 1.29 is 5.11 Å². The first-order valence-electron chi connectivity index (χ1n) is 7.14. The molecule has 4 rings (SSSR count). The highest BCUT2D eigenvalue weighted by molar-refractivity contribution is 5.97. The van der Waals surface area contributed by atoms with Gasteiger partial charge in [-0.15, -0.1) is 5.11 Å². The van der Waals surface area contributed by atoms with Crippen LogP contribution in [0.1, 0.15) is 12.0 Å². The lowest BCUT2D eigenvalue weighted by Crippen LogP contribution is -2.06. The molecule has 1 aromatic heterocycles. The standard InChI is InChI=1S/C17H15N3O/c21-17-15(19-18-13-8-2-1-3-9-13)14-10-4-6-12-7-5-11-20(17)16(12)14/h1-4,6,8-10,21H,5,7,11H2. The summed E-state index contributed by atoms with van der Waals surface area (Å²) in [7, 11) is 0. The van der Waals surface area contributed by atoms with Crippen molar-refractivity contribution in [1.29, 1.82) is 0 Å². The van der Waals surface area contributed by atoms with E-state index in [-0.39, 0.29) is 5.88 Å². The molecular weight excluding hydrogens is 262 g/mol. The van der Waals surface area contributed by atoms with Crippen molar-refractivity contribution in [3.8, 4) is 5.88 Å². The second kappa shape index (κ2) is 4.74. The molecule has 0 saturated heterocycles. The number of aromatic nitrogens is 1. The molecule has 21 heavy (non-hydrogen) atoms. The van der Waals surface area contributed by atoms with E-state index >= 15 is 0 Å². The fourth-order valence-electron chi connectivity index (χ4n) is 3.00. The van der Waals surface area contributed by atoms with Crippen molar-refractivity contribution in [3.63, 3.8) is 0 Å². The summed E-state index contributed by atoms with van der Waals surface area (Å²) in [5, 5.41) is 20.0. The van der Waals surface area contributed by atoms with Crippen molar-refractivity contribution >= 4 is 22.3 Å². The Balaban J connectivity index is 1.88. The fourth-order valence-corrected chi connectivity index (χ4v) is 3.00. The normalized spacial score (nSPS) is 14.1. The van der Waals surface area contributed by atoms with Crippen LogP contribution in [0.15, 0.2) is 58.8 Å². The number of nitrogens with zero attached hydrogens (tertiary/aromatic N) is 3. The summed E-state index contributed by atoms with van der Waals surface area (Å²) in [6.45, 7) is 0.834. The van der Waals surface area contributed by atoms with Crippen LogP contribution in [0, 0.1) is 0 Å². The number of aromatic hydroxyl groups is 1. The predicted octanol–water partition coefficient (Wildman–Crippen LogP) is 4.71. The Hall–Kier alpha value is -2.62. The zero-order valence-electron chi connectivity index (χ0n) is 11.5. The molecule has 0 amide bonds. The van der Waals surface area contributed by atoms with Crippen molar-refractivity contribution in [1.82, 2.24) is 4.57 Å². The van der Waals surface area contributed by atoms with Gasteiger partial charge in [-0.25, -0.2) is 0 Å². The number of rotatable bonds is 2. The Labute approximate surface area is 122 Å². The smallest absolute Gasteiger partial charge is 0.220 e. The van der Waals surface area contributed by atoms with Gasteiger partial charge in [-0.2, -0.15) is 5.11 Å². The third-order valence-corrected chi connectivity index (χ3v) is 3.96. The van der Waals surface area contributed by atoms with Crippen LogP contribution in [0.25, 0.3) is 10.9 Å². The lowest BCUT2D eigenvalue weighted by atomic mass is 10.0. The van der Waals surface area contributed by atoms with Crippen LogP contribution in [0.3, 0.4) is 0 Å². The Morgan fingerprint density at radius 1 is 0.952 bits per heavy atom. The van der Waals surface area contributed by atoms with Gasteiger partial charge >= 0.3 is 0 Å². The molecule has 4 nitrogen and oxygen atoms in total. The first kappa shape index (κ1) is 12.1. The molecule has 2 aromatic carbocycles. The molecule has 0 fully saturated rings. The lowest BCUT2D eigenvalue weighted by molar-refractivity contribution is 0.415. The maximum absolute atomic E-state index is 10.5. The Morgan fingerprint density at radius 2 is 1.81 bits per heavy atom. The Kier molecular flexibility index (Phi) is 2.74. The van der Waals surface area contributed by atoms with Crippen molar-refractivity contribution in [2.75, 3.05) is 0 Å². The number of benzene rings is 2. The van der Waals surface area contributed by atoms with Crippen LogP contribution in [0.5, 0.6) is 5.88 Å². The van der Waals surface area contributed by atoms with E-state index in [1.165, 1.54) is 5.56 Å². The zero-order chi connectivity index (χ0) is 14.2. The van der Waals surface area contributed by atoms with Gasteiger partial charge in [-0.3, -0.25) is 0 Å². The molecule has 1 aliphatic rings. The Morgan fingerprint density at radius 3 is 2.67 bits per heavy atom. The number of hydrogen-bond acceptors (Lipinski definition) is 3. The van der Waals surface area contributed by atoms with Gasteiger partial charge < -0.3 is 9.67 Å². The molecule has 104 valence electrons. The number of aryl methyl sites for hydroxylation is 2. The van der Waals surface area contributed by atoms with Gasteiger partial charge in [0.2, 0.25) is 5.88 Å². The van der Waals surface area contributed by atoms with Gasteiger partial charge in [0.05, 0.1) is 11.2 Å². The summed E-state index contributed by atoms with van der Waals surface area (Å²) < 4.78 is 1.95. The minimum absolute atomic E-state index is 0.219. The van der Waals surface area contributed by atoms with E-state index in [9.17, 15) is 5.11 Å². The third kappa shape index (κ3) is 1.91. The molecule has 0 saturated carbocycles. The topological polar surface area (TPSA) is 49.9 Å². The summed E-state index contributed by atoms with van der Waals surface area (Å²) in [6.07, 6.45) is 2.10. The second-order valence-electron chi connectivity index (χ2n) is 5.28. The van der Waals surface area contributed by atoms with Crippen LogP contribution in [0.2, 0.25) is 0 Å². The quantitative estimate of drug-likeness (QED) is 0.678. The molecule has 4 heteroatoms. The largest absolute Gasteiger partial charge is 0.493 e. The van der Waals surface area contributed by atoms with Crippen molar-refractivity contribution in [2.45, 2.75) is 19.4 Å². The molecule has 1 N–H and O–H groups in total. The highest BCUT2D eigenvalue weighted by Crippen LogP contribution is 2.42. The second-order valence-corrected chi connectivity index (χ2v) is 5.28. The van der Waals surface area contributed by atoms with Crippen LogP contribution < -0.4 is 0 Å². The summed E-state index contributed by atoms with van der Waals surface area (Å²) in [5.74, 6) is 0.219. The Bertz CT molecular complexity index is 834. The van der Waals surface area contributed by atoms with Gasteiger partial charge in [0.15, 0.2) is 5.69 Å². The van der Waals surface area contributed by atoms with Gasteiger partial charge in [0.1, 0.15) is 0 Å². The minimum Gasteiger partial charge on any atom is -0.493 e. The summed E-state index contributed by atoms with van der Waals surface area (Å²) >= 11 is 0. The van der Waals surface area contributed by atoms with Crippen molar-refractivity contribution in [2.24, 2.45) is 10.2 Å². The SMILES string of the molecule is Oc1c(N=Nc2ccccc2)c2cccc3c2n1CCC3. The summed E-state index contributed by atoms with van der Waals surface area (Å²) in [4.78, 5) is 0. The molecule has 0 radical (unpaired) electrons. The third-order valence-electron chi connectivity index (χ3n) is 3.96. The number of para-hydroxylation sites is 1. The summed E-state index contributed by atoms with van der Waals surface area (Å²) in [6, 6.07) is 15.7. The van der Waals surface area contributed by atoms with E-state index in [0.29, 0.717) is 5.69 Å². The number of azo groups is 1. The molecule has 0 aliphatic carbocycles. The van der Waals surface area contributed by atoms with E-state index in [1.54, 1.807) is 0 Å². The van der Waals surface area contributed by atoms with Gasteiger partial charge in [0, 0.05) is 11.9 Å². The predicted molar refractivity (Wildman–Crippen MR) is 82.5 cm³/mol. The van der Waals surface area contributed by atoms with Gasteiger partial charge in [-0.1, -0.05) is 36.4 Å². The minimum atomic E-state index is 0.219. The molecule has 0 bridgehead atoms. The molecule has 0 atom stereocenters. The number of hydrogen-bond donors (Lipinski definition) is 1. The van der Waals surface area contributed by atoms with Gasteiger partial charge in [0.25, 0.3) is 0 Å². The highest BCUT2D eigenvalue weighted by Gasteiger charge is 2.21. The first-order chi connectivity index (χ1) is 10.3. The van der Waals surface area contributed by atoms with E-state index < -0.39 is 0 Å². The van der Waals surface area contributed by atoms with Gasteiger partial charge in [-0.05, 0) is 30.5 Å². The monoisotopic (exact) mass is 277 g/mol. The molecule has 2 heterocycles. The average molecular weight is 277 g/mol. The van der Waals surface area contributed by atoms with Crippen LogP contribution >= 0.6 is 0 Å². The maximum atomic E-state index is 10.5. The maximum Gasteiger partial charge on any atom is 0.220 e. The van der Waals surface area contributed by atoms with E-state index in [2.05, 4.69) is 16.3 Å². The first-order valence-corrected chi connectivity index (χ1v) is 7.14.